The summed E-state index contributed by atoms with van der Waals surface area (Å²) < 4.78 is 19.6. The van der Waals surface area contributed by atoms with Crippen LogP contribution in [-0.2, 0) is 18.9 Å². The normalized spacial score (nSPS) is 14.0. The molecule has 33 heavy (non-hydrogen) atoms. The van der Waals surface area contributed by atoms with Crippen molar-refractivity contribution in [3.63, 3.8) is 0 Å². The van der Waals surface area contributed by atoms with Crippen LogP contribution in [-0.4, -0.2) is 42.1 Å². The third-order valence-corrected chi connectivity index (χ3v) is 5.03. The van der Waals surface area contributed by atoms with Crippen molar-refractivity contribution in [3.8, 4) is 0 Å². The maximum Gasteiger partial charge on any atom is 0.346 e. The molecule has 0 aromatic heterocycles. The van der Waals surface area contributed by atoms with Crippen LogP contribution in [0.1, 0.15) is 88.3 Å². The van der Waals surface area contributed by atoms with Crippen LogP contribution in [0.3, 0.4) is 0 Å². The van der Waals surface area contributed by atoms with Gasteiger partial charge in [-0.2, -0.15) is 0 Å². The lowest BCUT2D eigenvalue weighted by Crippen LogP contribution is -2.25. The maximum atomic E-state index is 12.6. The molecule has 2 aromatic carbocycles. The van der Waals surface area contributed by atoms with Gasteiger partial charge in [-0.05, 0) is 42.8 Å². The maximum absolute atomic E-state index is 12.6. The molecule has 0 unspecified atom stereocenters. The van der Waals surface area contributed by atoms with Gasteiger partial charge in [0.2, 0.25) is 6.29 Å². The van der Waals surface area contributed by atoms with Gasteiger partial charge in [0.15, 0.2) is 0 Å². The number of carbonyl (C=O) groups is 6. The Labute approximate surface area is 186 Å². The highest BCUT2D eigenvalue weighted by Crippen LogP contribution is 2.24. The van der Waals surface area contributed by atoms with Crippen LogP contribution in [0.4, 0.5) is 0 Å². The number of benzene rings is 2. The molecule has 0 N–H and O–H groups in total. The Bertz CT molecular complexity index is 1130. The molecule has 168 valence electrons. The molecule has 0 atom stereocenters. The van der Waals surface area contributed by atoms with Crippen molar-refractivity contribution < 1.29 is 47.7 Å². The van der Waals surface area contributed by atoms with Gasteiger partial charge >= 0.3 is 35.8 Å². The number of rotatable bonds is 7. The molecular weight excluding hydrogens is 436 g/mol. The Kier molecular flexibility index (Phi) is 5.74. The van der Waals surface area contributed by atoms with Gasteiger partial charge < -0.3 is 18.9 Å². The summed E-state index contributed by atoms with van der Waals surface area (Å²) in [5.74, 6) is -5.09. The van der Waals surface area contributed by atoms with E-state index >= 15 is 0 Å². The number of ether oxygens (including phenoxy) is 4. The van der Waals surface area contributed by atoms with Crippen LogP contribution < -0.4 is 0 Å². The second kappa shape index (κ2) is 8.65. The summed E-state index contributed by atoms with van der Waals surface area (Å²) in [7, 11) is 0. The minimum Gasteiger partial charge on any atom is -0.422 e. The van der Waals surface area contributed by atoms with Crippen molar-refractivity contribution in [3.05, 3.63) is 69.8 Å². The minimum atomic E-state index is -1.26. The van der Waals surface area contributed by atoms with Gasteiger partial charge in [0, 0.05) is 6.42 Å². The fourth-order valence-corrected chi connectivity index (χ4v) is 3.31. The molecule has 10 nitrogen and oxygen atoms in total. The van der Waals surface area contributed by atoms with E-state index in [1.165, 1.54) is 36.4 Å². The highest BCUT2D eigenvalue weighted by Gasteiger charge is 2.32. The van der Waals surface area contributed by atoms with E-state index in [4.69, 9.17) is 9.47 Å². The smallest absolute Gasteiger partial charge is 0.346 e. The molecule has 0 saturated carbocycles. The van der Waals surface area contributed by atoms with E-state index in [2.05, 4.69) is 9.47 Å². The van der Waals surface area contributed by atoms with Crippen LogP contribution in [0, 0.1) is 0 Å². The highest BCUT2D eigenvalue weighted by atomic mass is 16.7. The fourth-order valence-electron chi connectivity index (χ4n) is 3.31. The lowest BCUT2D eigenvalue weighted by atomic mass is 10.1. The Balaban J connectivity index is 1.50. The van der Waals surface area contributed by atoms with E-state index in [0.717, 1.165) is 6.42 Å². The van der Waals surface area contributed by atoms with E-state index < -0.39 is 42.1 Å². The van der Waals surface area contributed by atoms with Crippen molar-refractivity contribution in [1.82, 2.24) is 0 Å². The Morgan fingerprint density at radius 3 is 1.58 bits per heavy atom. The lowest BCUT2D eigenvalue weighted by Gasteiger charge is -2.18. The second-order valence-corrected chi connectivity index (χ2v) is 7.26. The summed E-state index contributed by atoms with van der Waals surface area (Å²) >= 11 is 0. The zero-order valence-corrected chi connectivity index (χ0v) is 17.2. The van der Waals surface area contributed by atoms with Crippen molar-refractivity contribution in [2.75, 3.05) is 0 Å². The molecule has 2 aliphatic rings. The Morgan fingerprint density at radius 1 is 0.727 bits per heavy atom. The minimum absolute atomic E-state index is 0.0308. The fraction of sp³-hybridized carbons (Fsp3) is 0.217. The van der Waals surface area contributed by atoms with Crippen LogP contribution in [0.25, 0.3) is 0 Å². The van der Waals surface area contributed by atoms with E-state index in [-0.39, 0.29) is 39.8 Å². The molecule has 0 saturated heterocycles. The molecule has 4 rings (SSSR count). The standard InChI is InChI=1S/C23H16O10/c1-2-3-4-17(30-18(24)11-5-7-13-15(9-11)22(28)32-20(13)26)31-19(25)12-6-8-14-16(10-12)23(29)33-21(14)27/h5-10,17H,2-4H2,1H3. The second-order valence-electron chi connectivity index (χ2n) is 7.26. The van der Waals surface area contributed by atoms with Crippen molar-refractivity contribution in [2.45, 2.75) is 32.5 Å². The van der Waals surface area contributed by atoms with Gasteiger partial charge in [-0.3, -0.25) is 0 Å². The first-order valence-corrected chi connectivity index (χ1v) is 10.0. The summed E-state index contributed by atoms with van der Waals surface area (Å²) in [5, 5.41) is 0. The molecular formula is C23H16O10. The lowest BCUT2D eigenvalue weighted by molar-refractivity contribution is -0.0836. The van der Waals surface area contributed by atoms with Crippen LogP contribution in [0.15, 0.2) is 36.4 Å². The molecule has 10 heteroatoms. The predicted molar refractivity (Wildman–Crippen MR) is 107 cm³/mol. The molecule has 0 amide bonds. The van der Waals surface area contributed by atoms with Crippen molar-refractivity contribution in [1.29, 1.82) is 0 Å². The third-order valence-electron chi connectivity index (χ3n) is 5.03. The number of fused-ring (bicyclic) bond motifs is 2. The summed E-state index contributed by atoms with van der Waals surface area (Å²) in [4.78, 5) is 71.8. The molecule has 0 bridgehead atoms. The zero-order chi connectivity index (χ0) is 23.7. The van der Waals surface area contributed by atoms with Gasteiger partial charge in [0.05, 0.1) is 33.4 Å². The first kappa shape index (κ1) is 21.9. The van der Waals surface area contributed by atoms with E-state index in [0.29, 0.717) is 6.42 Å². The number of carbonyl (C=O) groups excluding carboxylic acids is 6. The van der Waals surface area contributed by atoms with Gasteiger partial charge in [0.1, 0.15) is 0 Å². The summed E-state index contributed by atoms with van der Waals surface area (Å²) in [6.07, 6.45) is 0.241. The van der Waals surface area contributed by atoms with Gasteiger partial charge in [0.25, 0.3) is 0 Å². The first-order chi connectivity index (χ1) is 15.8. The van der Waals surface area contributed by atoms with Crippen LogP contribution in [0.5, 0.6) is 0 Å². The van der Waals surface area contributed by atoms with Gasteiger partial charge in [-0.1, -0.05) is 13.3 Å². The molecule has 2 aromatic rings. The molecule has 2 aliphatic heterocycles. The molecule has 2 heterocycles. The summed E-state index contributed by atoms with van der Waals surface area (Å²) in [6.45, 7) is 1.90. The molecule has 0 fully saturated rings. The van der Waals surface area contributed by atoms with Crippen LogP contribution in [0.2, 0.25) is 0 Å². The van der Waals surface area contributed by atoms with Gasteiger partial charge in [-0.25, -0.2) is 28.8 Å². The monoisotopic (exact) mass is 452 g/mol. The Hall–Kier alpha value is -4.34. The van der Waals surface area contributed by atoms with Gasteiger partial charge in [-0.15, -0.1) is 0 Å². The predicted octanol–water partition coefficient (Wildman–Crippen LogP) is 2.84. The third kappa shape index (κ3) is 4.22. The van der Waals surface area contributed by atoms with E-state index in [1.54, 1.807) is 0 Å². The first-order valence-electron chi connectivity index (χ1n) is 10.0. The van der Waals surface area contributed by atoms with E-state index in [9.17, 15) is 28.8 Å². The SMILES string of the molecule is CCCCC(OC(=O)c1ccc2c(c1)C(=O)OC2=O)OC(=O)c1ccc2c(c1)C(=O)OC2=O. The number of esters is 6. The van der Waals surface area contributed by atoms with Crippen molar-refractivity contribution in [2.24, 2.45) is 0 Å². The summed E-state index contributed by atoms with van der Waals surface area (Å²) in [6, 6.07) is 7.49. The molecule has 0 spiro atoms. The topological polar surface area (TPSA) is 139 Å². The summed E-state index contributed by atoms with van der Waals surface area (Å²) in [5.41, 5.74) is -0.0982. The number of cyclic esters (lactones) is 4. The highest BCUT2D eigenvalue weighted by molar-refractivity contribution is 6.16. The Morgan fingerprint density at radius 2 is 1.15 bits per heavy atom. The average Bonchev–Trinajstić information content (AvgIpc) is 3.25. The zero-order valence-electron chi connectivity index (χ0n) is 17.2. The quantitative estimate of drug-likeness (QED) is 0.267. The largest absolute Gasteiger partial charge is 0.422 e. The number of hydrogen-bond donors (Lipinski definition) is 0. The number of unbranched alkanes of at least 4 members (excludes halogenated alkanes) is 1. The van der Waals surface area contributed by atoms with E-state index in [1.807, 2.05) is 6.92 Å². The number of hydrogen-bond acceptors (Lipinski definition) is 10. The molecule has 0 radical (unpaired) electrons. The average molecular weight is 452 g/mol. The molecule has 0 aliphatic carbocycles. The van der Waals surface area contributed by atoms with Crippen LogP contribution >= 0.6 is 0 Å². The van der Waals surface area contributed by atoms with Crippen molar-refractivity contribution >= 4 is 35.8 Å².